The van der Waals surface area contributed by atoms with E-state index in [2.05, 4.69) is 10.3 Å². The van der Waals surface area contributed by atoms with Crippen LogP contribution in [0.4, 0.5) is 0 Å². The SMILES string of the molecule is Cc1nc(-c2ccc(CNC(=O)CN3C(=O)C4CC=CCC4C3=O)cc2)cs1. The third kappa shape index (κ3) is 3.62. The molecule has 1 aromatic carbocycles. The second-order valence-corrected chi connectivity index (χ2v) is 8.21. The number of imide groups is 1. The van der Waals surface area contributed by atoms with E-state index in [-0.39, 0.29) is 36.1 Å². The van der Waals surface area contributed by atoms with Gasteiger partial charge in [0.1, 0.15) is 6.54 Å². The van der Waals surface area contributed by atoms with E-state index in [0.717, 1.165) is 26.7 Å². The first-order valence-corrected chi connectivity index (χ1v) is 10.2. The number of aromatic nitrogens is 1. The Kier molecular flexibility index (Phi) is 5.09. The van der Waals surface area contributed by atoms with Gasteiger partial charge in [-0.1, -0.05) is 36.4 Å². The Labute approximate surface area is 167 Å². The predicted molar refractivity (Wildman–Crippen MR) is 106 cm³/mol. The Balaban J connectivity index is 1.32. The monoisotopic (exact) mass is 395 g/mol. The van der Waals surface area contributed by atoms with Crippen LogP contribution in [0.5, 0.6) is 0 Å². The highest BCUT2D eigenvalue weighted by Gasteiger charge is 2.47. The molecule has 1 aliphatic carbocycles. The van der Waals surface area contributed by atoms with Crippen molar-refractivity contribution >= 4 is 29.1 Å². The molecule has 4 rings (SSSR count). The number of thiazole rings is 1. The Bertz CT molecular complexity index is 922. The third-order valence-corrected chi connectivity index (χ3v) is 6.03. The highest BCUT2D eigenvalue weighted by Crippen LogP contribution is 2.34. The van der Waals surface area contributed by atoms with Crippen LogP contribution >= 0.6 is 11.3 Å². The van der Waals surface area contributed by atoms with E-state index < -0.39 is 0 Å². The zero-order valence-electron chi connectivity index (χ0n) is 15.6. The van der Waals surface area contributed by atoms with Crippen LogP contribution in [0.1, 0.15) is 23.4 Å². The minimum Gasteiger partial charge on any atom is -0.350 e. The summed E-state index contributed by atoms with van der Waals surface area (Å²) in [6, 6.07) is 7.83. The van der Waals surface area contributed by atoms with Crippen molar-refractivity contribution in [2.24, 2.45) is 11.8 Å². The van der Waals surface area contributed by atoms with Gasteiger partial charge in [0.2, 0.25) is 17.7 Å². The van der Waals surface area contributed by atoms with Crippen molar-refractivity contribution in [1.29, 1.82) is 0 Å². The number of nitrogens with one attached hydrogen (secondary N) is 1. The molecule has 1 aromatic heterocycles. The maximum atomic E-state index is 12.4. The van der Waals surface area contributed by atoms with Gasteiger partial charge in [-0.2, -0.15) is 0 Å². The third-order valence-electron chi connectivity index (χ3n) is 5.26. The van der Waals surface area contributed by atoms with Gasteiger partial charge in [-0.15, -0.1) is 11.3 Å². The average Bonchev–Trinajstić information content (AvgIpc) is 3.25. The molecule has 1 fully saturated rings. The van der Waals surface area contributed by atoms with Crippen molar-refractivity contribution in [3.8, 4) is 11.3 Å². The maximum Gasteiger partial charge on any atom is 0.240 e. The van der Waals surface area contributed by atoms with E-state index in [9.17, 15) is 14.4 Å². The van der Waals surface area contributed by atoms with Gasteiger partial charge in [0.05, 0.1) is 22.5 Å². The highest BCUT2D eigenvalue weighted by molar-refractivity contribution is 7.09. The number of nitrogens with zero attached hydrogens (tertiary/aromatic N) is 2. The van der Waals surface area contributed by atoms with Gasteiger partial charge < -0.3 is 5.32 Å². The zero-order chi connectivity index (χ0) is 19.7. The molecule has 0 bridgehead atoms. The molecule has 0 spiro atoms. The Morgan fingerprint density at radius 3 is 2.36 bits per heavy atom. The summed E-state index contributed by atoms with van der Waals surface area (Å²) in [4.78, 5) is 42.7. The molecule has 1 aliphatic heterocycles. The number of carbonyl (C=O) groups excluding carboxylic acids is 3. The molecular weight excluding hydrogens is 374 g/mol. The molecule has 7 heteroatoms. The van der Waals surface area contributed by atoms with Crippen molar-refractivity contribution < 1.29 is 14.4 Å². The van der Waals surface area contributed by atoms with Crippen molar-refractivity contribution in [3.05, 3.63) is 52.4 Å². The summed E-state index contributed by atoms with van der Waals surface area (Å²) in [7, 11) is 0. The number of likely N-dealkylation sites (tertiary alicyclic amines) is 1. The minimum atomic E-state index is -0.326. The molecule has 2 unspecified atom stereocenters. The average molecular weight is 395 g/mol. The fraction of sp³-hybridized carbons (Fsp3) is 0.333. The fourth-order valence-electron chi connectivity index (χ4n) is 3.71. The summed E-state index contributed by atoms with van der Waals surface area (Å²) in [5, 5.41) is 5.84. The van der Waals surface area contributed by atoms with Gasteiger partial charge in [-0.3, -0.25) is 19.3 Å². The number of carbonyl (C=O) groups is 3. The predicted octanol–water partition coefficient (Wildman–Crippen LogP) is 2.69. The molecule has 1 N–H and O–H groups in total. The molecule has 28 heavy (non-hydrogen) atoms. The maximum absolute atomic E-state index is 12.4. The van der Waals surface area contributed by atoms with Gasteiger partial charge in [-0.25, -0.2) is 4.98 Å². The minimum absolute atomic E-state index is 0.207. The van der Waals surface area contributed by atoms with Gasteiger partial charge in [-0.05, 0) is 25.3 Å². The van der Waals surface area contributed by atoms with Gasteiger partial charge in [0, 0.05) is 17.5 Å². The quantitative estimate of drug-likeness (QED) is 0.624. The normalized spacial score (nSPS) is 21.1. The smallest absolute Gasteiger partial charge is 0.240 e. The topological polar surface area (TPSA) is 79.4 Å². The summed E-state index contributed by atoms with van der Waals surface area (Å²) >= 11 is 1.61. The second-order valence-electron chi connectivity index (χ2n) is 7.14. The van der Waals surface area contributed by atoms with E-state index in [1.54, 1.807) is 11.3 Å². The molecule has 2 aliphatic rings. The number of aryl methyl sites for hydroxylation is 1. The van der Waals surface area contributed by atoms with Crippen molar-refractivity contribution in [2.45, 2.75) is 26.3 Å². The first kappa shape index (κ1) is 18.6. The Morgan fingerprint density at radius 2 is 1.79 bits per heavy atom. The Morgan fingerprint density at radius 1 is 1.14 bits per heavy atom. The first-order chi connectivity index (χ1) is 13.5. The van der Waals surface area contributed by atoms with Gasteiger partial charge >= 0.3 is 0 Å². The lowest BCUT2D eigenvalue weighted by Crippen LogP contribution is -2.40. The van der Waals surface area contributed by atoms with Crippen molar-refractivity contribution in [3.63, 3.8) is 0 Å². The molecule has 1 saturated heterocycles. The molecule has 2 atom stereocenters. The van der Waals surface area contributed by atoms with Crippen LogP contribution in [0, 0.1) is 18.8 Å². The number of rotatable bonds is 5. The van der Waals surface area contributed by atoms with Crippen LogP contribution in [0.15, 0.2) is 41.8 Å². The summed E-state index contributed by atoms with van der Waals surface area (Å²) in [6.45, 7) is 2.11. The molecular formula is C21H21N3O3S. The fourth-order valence-corrected chi connectivity index (χ4v) is 4.34. The highest BCUT2D eigenvalue weighted by atomic mass is 32.1. The number of hydrogen-bond donors (Lipinski definition) is 1. The first-order valence-electron chi connectivity index (χ1n) is 9.31. The van der Waals surface area contributed by atoms with Crippen LogP contribution in [0.25, 0.3) is 11.3 Å². The van der Waals surface area contributed by atoms with Gasteiger partial charge in [0.15, 0.2) is 0 Å². The number of fused-ring (bicyclic) bond motifs is 1. The molecule has 0 saturated carbocycles. The van der Waals surface area contributed by atoms with Gasteiger partial charge in [0.25, 0.3) is 0 Å². The van der Waals surface area contributed by atoms with Crippen LogP contribution < -0.4 is 5.32 Å². The molecule has 2 heterocycles. The summed E-state index contributed by atoms with van der Waals surface area (Å²) < 4.78 is 0. The van der Waals surface area contributed by atoms with Crippen molar-refractivity contribution in [2.75, 3.05) is 6.54 Å². The largest absolute Gasteiger partial charge is 0.350 e. The van der Waals surface area contributed by atoms with Crippen molar-refractivity contribution in [1.82, 2.24) is 15.2 Å². The number of benzene rings is 1. The summed E-state index contributed by atoms with van der Waals surface area (Å²) in [5.41, 5.74) is 2.92. The molecule has 3 amide bonds. The Hall–Kier alpha value is -2.80. The van der Waals surface area contributed by atoms with Crippen LogP contribution in [0.2, 0.25) is 0 Å². The lowest BCUT2D eigenvalue weighted by molar-refractivity contribution is -0.143. The van der Waals surface area contributed by atoms with E-state index in [1.807, 2.05) is 48.7 Å². The standard InChI is InChI=1S/C21H21N3O3S/c1-13-23-18(12-28-13)15-8-6-14(7-9-15)10-22-19(25)11-24-20(26)16-4-2-3-5-17(16)21(24)27/h2-3,6-9,12,16-17H,4-5,10-11H2,1H3,(H,22,25). The van der Waals surface area contributed by atoms with Crippen LogP contribution in [-0.4, -0.2) is 34.2 Å². The molecule has 6 nitrogen and oxygen atoms in total. The number of allylic oxidation sites excluding steroid dienone is 2. The lowest BCUT2D eigenvalue weighted by atomic mass is 9.85. The number of hydrogen-bond acceptors (Lipinski definition) is 5. The van der Waals surface area contributed by atoms with Crippen LogP contribution in [0.3, 0.4) is 0 Å². The number of amides is 3. The van der Waals surface area contributed by atoms with E-state index in [1.165, 1.54) is 0 Å². The van der Waals surface area contributed by atoms with E-state index >= 15 is 0 Å². The summed E-state index contributed by atoms with van der Waals surface area (Å²) in [5.74, 6) is -1.37. The van der Waals surface area contributed by atoms with Crippen LogP contribution in [-0.2, 0) is 20.9 Å². The molecule has 2 aromatic rings. The summed E-state index contributed by atoms with van der Waals surface area (Å²) in [6.07, 6.45) is 5.04. The van der Waals surface area contributed by atoms with E-state index in [4.69, 9.17) is 0 Å². The lowest BCUT2D eigenvalue weighted by Gasteiger charge is -2.14. The second kappa shape index (κ2) is 7.67. The molecule has 0 radical (unpaired) electrons. The molecule has 144 valence electrons. The van der Waals surface area contributed by atoms with E-state index in [0.29, 0.717) is 19.4 Å². The zero-order valence-corrected chi connectivity index (χ0v) is 16.4.